The van der Waals surface area contributed by atoms with Gasteiger partial charge in [-0.3, -0.25) is 0 Å². The number of benzene rings is 2. The van der Waals surface area contributed by atoms with E-state index in [1.807, 2.05) is 6.07 Å². The third-order valence-corrected chi connectivity index (χ3v) is 4.05. The molecule has 0 atom stereocenters. The average Bonchev–Trinajstić information content (AvgIpc) is 3.14. The average molecular weight is 262 g/mol. The van der Waals surface area contributed by atoms with Crippen LogP contribution < -0.4 is 0 Å². The first-order chi connectivity index (χ1) is 9.90. The van der Waals surface area contributed by atoms with Crippen molar-refractivity contribution in [2.75, 3.05) is 0 Å². The molecule has 2 aromatic carbocycles. The zero-order valence-electron chi connectivity index (χ0n) is 11.0. The molecule has 1 aliphatic carbocycles. The lowest BCUT2D eigenvalue weighted by Crippen LogP contribution is -2.12. The second-order valence-corrected chi connectivity index (χ2v) is 5.23. The van der Waals surface area contributed by atoms with Gasteiger partial charge in [-0.1, -0.05) is 59.8 Å². The predicted molar refractivity (Wildman–Crippen MR) is 76.1 cm³/mol. The van der Waals surface area contributed by atoms with E-state index in [1.54, 1.807) is 0 Å². The molecule has 1 fully saturated rings. The third-order valence-electron chi connectivity index (χ3n) is 4.05. The van der Waals surface area contributed by atoms with Crippen molar-refractivity contribution in [3.8, 4) is 11.1 Å². The van der Waals surface area contributed by atoms with Crippen LogP contribution in [0.3, 0.4) is 0 Å². The third kappa shape index (κ3) is 1.65. The summed E-state index contributed by atoms with van der Waals surface area (Å²) in [5, 5.41) is 14.7. The Morgan fingerprint density at radius 1 is 0.900 bits per heavy atom. The molecule has 0 bridgehead atoms. The summed E-state index contributed by atoms with van der Waals surface area (Å²) >= 11 is 0. The van der Waals surface area contributed by atoms with Crippen molar-refractivity contribution in [2.45, 2.75) is 18.3 Å². The fourth-order valence-corrected chi connectivity index (χ4v) is 2.87. The van der Waals surface area contributed by atoms with Gasteiger partial charge >= 0.3 is 0 Å². The molecule has 0 unspecified atom stereocenters. The van der Waals surface area contributed by atoms with Crippen LogP contribution in [0.25, 0.3) is 11.1 Å². The van der Waals surface area contributed by atoms with Gasteiger partial charge in [-0.05, 0) is 29.5 Å². The molecule has 0 amide bonds. The minimum atomic E-state index is -0.0561. The molecule has 4 nitrogen and oxygen atoms in total. The van der Waals surface area contributed by atoms with E-state index in [4.69, 9.17) is 0 Å². The summed E-state index contributed by atoms with van der Waals surface area (Å²) in [7, 11) is 0. The Labute approximate surface area is 116 Å². The highest BCUT2D eigenvalue weighted by molar-refractivity contribution is 5.70. The zero-order valence-corrected chi connectivity index (χ0v) is 11.0. The number of hydrogen-bond donors (Lipinski definition) is 1. The van der Waals surface area contributed by atoms with Crippen LogP contribution in [0.15, 0.2) is 54.6 Å². The molecule has 1 aliphatic rings. The standard InChI is InChI=1S/C16H14N4/c1-2-6-12(7-3-1)13-8-4-5-9-14(13)16(10-11-16)15-17-19-20-18-15/h1-9H,10-11H2,(H,17,18,19,20). The summed E-state index contributed by atoms with van der Waals surface area (Å²) in [6.07, 6.45) is 2.16. The maximum absolute atomic E-state index is 4.21. The number of nitrogens with one attached hydrogen (secondary N) is 1. The fraction of sp³-hybridized carbons (Fsp3) is 0.188. The monoisotopic (exact) mass is 262 g/mol. The van der Waals surface area contributed by atoms with Crippen molar-refractivity contribution in [1.82, 2.24) is 20.6 Å². The van der Waals surface area contributed by atoms with Crippen molar-refractivity contribution in [2.24, 2.45) is 0 Å². The van der Waals surface area contributed by atoms with E-state index < -0.39 is 0 Å². The van der Waals surface area contributed by atoms with Gasteiger partial charge in [0.2, 0.25) is 0 Å². The largest absolute Gasteiger partial charge is 0.185 e. The van der Waals surface area contributed by atoms with Gasteiger partial charge in [0.05, 0.1) is 5.41 Å². The maximum atomic E-state index is 4.21. The highest BCUT2D eigenvalue weighted by Gasteiger charge is 2.50. The van der Waals surface area contributed by atoms with Crippen LogP contribution in [-0.2, 0) is 5.41 Å². The zero-order chi connectivity index (χ0) is 13.4. The van der Waals surface area contributed by atoms with Crippen molar-refractivity contribution < 1.29 is 0 Å². The van der Waals surface area contributed by atoms with Gasteiger partial charge in [0, 0.05) is 0 Å². The molecule has 1 aromatic heterocycles. The number of hydrogen-bond acceptors (Lipinski definition) is 3. The number of rotatable bonds is 3. The minimum absolute atomic E-state index is 0.0561. The molecule has 0 aliphatic heterocycles. The van der Waals surface area contributed by atoms with E-state index in [9.17, 15) is 0 Å². The summed E-state index contributed by atoms with van der Waals surface area (Å²) in [6.45, 7) is 0. The Morgan fingerprint density at radius 3 is 2.35 bits per heavy atom. The van der Waals surface area contributed by atoms with E-state index in [0.29, 0.717) is 0 Å². The molecule has 0 radical (unpaired) electrons. The van der Waals surface area contributed by atoms with Gasteiger partial charge in [0.15, 0.2) is 5.82 Å². The summed E-state index contributed by atoms with van der Waals surface area (Å²) in [4.78, 5) is 0. The summed E-state index contributed by atoms with van der Waals surface area (Å²) < 4.78 is 0. The van der Waals surface area contributed by atoms with Gasteiger partial charge in [-0.15, -0.1) is 10.2 Å². The van der Waals surface area contributed by atoms with E-state index in [-0.39, 0.29) is 5.41 Å². The van der Waals surface area contributed by atoms with Crippen LogP contribution in [0, 0.1) is 0 Å². The molecule has 1 saturated carbocycles. The molecule has 1 heterocycles. The maximum Gasteiger partial charge on any atom is 0.185 e. The van der Waals surface area contributed by atoms with Gasteiger partial charge in [-0.2, -0.15) is 5.21 Å². The molecular formula is C16H14N4. The predicted octanol–water partition coefficient (Wildman–Crippen LogP) is 2.95. The van der Waals surface area contributed by atoms with Gasteiger partial charge < -0.3 is 0 Å². The summed E-state index contributed by atoms with van der Waals surface area (Å²) in [5.74, 6) is 0.806. The van der Waals surface area contributed by atoms with Crippen LogP contribution >= 0.6 is 0 Å². The Bertz CT molecular complexity index is 715. The molecule has 1 N–H and O–H groups in total. The Hall–Kier alpha value is -2.49. The van der Waals surface area contributed by atoms with Gasteiger partial charge in [0.25, 0.3) is 0 Å². The lowest BCUT2D eigenvalue weighted by molar-refractivity contribution is 0.760. The van der Waals surface area contributed by atoms with Crippen molar-refractivity contribution in [1.29, 1.82) is 0 Å². The number of aromatic nitrogens is 4. The van der Waals surface area contributed by atoms with E-state index in [2.05, 4.69) is 69.2 Å². The number of nitrogens with zero attached hydrogens (tertiary/aromatic N) is 3. The smallest absolute Gasteiger partial charge is 0.177 e. The van der Waals surface area contributed by atoms with Gasteiger partial charge in [0.1, 0.15) is 0 Å². The molecule has 3 aromatic rings. The normalized spacial score (nSPS) is 16.0. The lowest BCUT2D eigenvalue weighted by atomic mass is 9.87. The summed E-state index contributed by atoms with van der Waals surface area (Å²) in [6, 6.07) is 19.0. The fourth-order valence-electron chi connectivity index (χ4n) is 2.87. The molecule has 4 rings (SSSR count). The van der Waals surface area contributed by atoms with Crippen LogP contribution in [0.1, 0.15) is 24.2 Å². The Balaban J connectivity index is 1.88. The molecule has 4 heteroatoms. The van der Waals surface area contributed by atoms with Crippen molar-refractivity contribution in [3.63, 3.8) is 0 Å². The van der Waals surface area contributed by atoms with Gasteiger partial charge in [-0.25, -0.2) is 0 Å². The Morgan fingerprint density at radius 2 is 1.65 bits per heavy atom. The molecule has 0 spiro atoms. The highest BCUT2D eigenvalue weighted by atomic mass is 15.5. The molecular weight excluding hydrogens is 248 g/mol. The minimum Gasteiger partial charge on any atom is -0.177 e. The van der Waals surface area contributed by atoms with Crippen LogP contribution in [0.5, 0.6) is 0 Å². The lowest BCUT2D eigenvalue weighted by Gasteiger charge is -2.16. The van der Waals surface area contributed by atoms with Crippen LogP contribution in [-0.4, -0.2) is 20.6 Å². The second-order valence-electron chi connectivity index (χ2n) is 5.23. The van der Waals surface area contributed by atoms with Crippen molar-refractivity contribution >= 4 is 0 Å². The topological polar surface area (TPSA) is 54.5 Å². The SMILES string of the molecule is c1ccc(-c2ccccc2C2(c3nn[nH]n3)CC2)cc1. The van der Waals surface area contributed by atoms with E-state index in [1.165, 1.54) is 16.7 Å². The first kappa shape index (κ1) is 11.3. The first-order valence-corrected chi connectivity index (χ1v) is 6.79. The highest BCUT2D eigenvalue weighted by Crippen LogP contribution is 2.54. The summed E-state index contributed by atoms with van der Waals surface area (Å²) in [5.41, 5.74) is 3.74. The Kier molecular flexibility index (Phi) is 2.42. The second kappa shape index (κ2) is 4.27. The molecule has 20 heavy (non-hydrogen) atoms. The number of H-pyrrole nitrogens is 1. The van der Waals surface area contributed by atoms with Crippen molar-refractivity contribution in [3.05, 3.63) is 66.0 Å². The van der Waals surface area contributed by atoms with Crippen LogP contribution in [0.2, 0.25) is 0 Å². The van der Waals surface area contributed by atoms with E-state index in [0.717, 1.165) is 18.7 Å². The molecule has 98 valence electrons. The van der Waals surface area contributed by atoms with Crippen LogP contribution in [0.4, 0.5) is 0 Å². The number of tetrazole rings is 1. The first-order valence-electron chi connectivity index (χ1n) is 6.79. The quantitative estimate of drug-likeness (QED) is 0.789. The molecule has 0 saturated heterocycles. The number of aromatic amines is 1. The van der Waals surface area contributed by atoms with E-state index >= 15 is 0 Å².